The number of anilines is 1. The summed E-state index contributed by atoms with van der Waals surface area (Å²) < 4.78 is 0. The number of carbonyl (C=O) groups is 1. The van der Waals surface area contributed by atoms with E-state index in [1.807, 2.05) is 30.3 Å². The third kappa shape index (κ3) is 4.68. The van der Waals surface area contributed by atoms with Crippen LogP contribution in [0.1, 0.15) is 16.8 Å². The van der Waals surface area contributed by atoms with Gasteiger partial charge in [0.15, 0.2) is 0 Å². The number of hydrogen-bond donors (Lipinski definition) is 3. The minimum atomic E-state index is -0.324. The zero-order valence-corrected chi connectivity index (χ0v) is 12.2. The second kappa shape index (κ2) is 7.55. The molecule has 4 nitrogen and oxygen atoms in total. The van der Waals surface area contributed by atoms with Gasteiger partial charge in [-0.1, -0.05) is 29.8 Å². The van der Waals surface area contributed by atoms with Crippen molar-refractivity contribution in [2.45, 2.75) is 6.42 Å². The van der Waals surface area contributed by atoms with Crippen LogP contribution < -0.4 is 10.6 Å². The van der Waals surface area contributed by atoms with Crippen LogP contribution >= 0.6 is 11.6 Å². The van der Waals surface area contributed by atoms with E-state index >= 15 is 0 Å². The molecule has 2 aromatic carbocycles. The number of halogens is 1. The highest BCUT2D eigenvalue weighted by Crippen LogP contribution is 2.21. The SMILES string of the molecule is O=C(NCCCNc1ccccc1)c1cc(Cl)ccc1O. The lowest BCUT2D eigenvalue weighted by molar-refractivity contribution is 0.0951. The van der Waals surface area contributed by atoms with Crippen molar-refractivity contribution in [3.05, 3.63) is 59.1 Å². The number of amides is 1. The lowest BCUT2D eigenvalue weighted by Crippen LogP contribution is -2.25. The van der Waals surface area contributed by atoms with Gasteiger partial charge in [0.1, 0.15) is 5.75 Å². The summed E-state index contributed by atoms with van der Waals surface area (Å²) in [6.07, 6.45) is 0.780. The Morgan fingerprint density at radius 2 is 1.86 bits per heavy atom. The summed E-state index contributed by atoms with van der Waals surface area (Å²) in [6.45, 7) is 1.27. The lowest BCUT2D eigenvalue weighted by atomic mass is 10.2. The van der Waals surface area contributed by atoms with Crippen LogP contribution in [-0.4, -0.2) is 24.1 Å². The minimum absolute atomic E-state index is 0.0701. The van der Waals surface area contributed by atoms with Gasteiger partial charge in [0.05, 0.1) is 5.56 Å². The largest absolute Gasteiger partial charge is 0.507 e. The van der Waals surface area contributed by atoms with Gasteiger partial charge in [-0.05, 0) is 36.8 Å². The average molecular weight is 305 g/mol. The molecule has 0 bridgehead atoms. The molecule has 0 radical (unpaired) electrons. The van der Waals surface area contributed by atoms with Crippen LogP contribution in [0.4, 0.5) is 5.69 Å². The summed E-state index contributed by atoms with van der Waals surface area (Å²) in [7, 11) is 0. The molecule has 0 aliphatic rings. The van der Waals surface area contributed by atoms with Crippen LogP contribution in [0.2, 0.25) is 5.02 Å². The molecule has 3 N–H and O–H groups in total. The maximum absolute atomic E-state index is 11.9. The van der Waals surface area contributed by atoms with Gasteiger partial charge in [0, 0.05) is 23.8 Å². The molecule has 21 heavy (non-hydrogen) atoms. The van der Waals surface area contributed by atoms with E-state index in [4.69, 9.17) is 11.6 Å². The van der Waals surface area contributed by atoms with Gasteiger partial charge in [0.25, 0.3) is 5.91 Å². The maximum atomic E-state index is 11.9. The number of carbonyl (C=O) groups excluding carboxylic acids is 1. The highest BCUT2D eigenvalue weighted by molar-refractivity contribution is 6.31. The summed E-state index contributed by atoms with van der Waals surface area (Å²) in [5, 5.41) is 16.1. The van der Waals surface area contributed by atoms with Crippen molar-refractivity contribution in [2.24, 2.45) is 0 Å². The molecule has 0 spiro atoms. The number of hydrogen-bond acceptors (Lipinski definition) is 3. The first-order valence-electron chi connectivity index (χ1n) is 6.72. The van der Waals surface area contributed by atoms with E-state index in [0.717, 1.165) is 18.7 Å². The first-order chi connectivity index (χ1) is 10.2. The first kappa shape index (κ1) is 15.2. The van der Waals surface area contributed by atoms with Crippen molar-refractivity contribution in [3.8, 4) is 5.75 Å². The van der Waals surface area contributed by atoms with E-state index in [0.29, 0.717) is 11.6 Å². The third-order valence-corrected chi connectivity index (χ3v) is 3.18. The number of phenols is 1. The second-order valence-corrected chi connectivity index (χ2v) is 5.00. The second-order valence-electron chi connectivity index (χ2n) is 4.56. The Morgan fingerprint density at radius 1 is 1.10 bits per heavy atom. The molecule has 0 aliphatic carbocycles. The molecular weight excluding hydrogens is 288 g/mol. The van der Waals surface area contributed by atoms with Crippen molar-refractivity contribution in [1.29, 1.82) is 0 Å². The molecule has 1 amide bonds. The van der Waals surface area contributed by atoms with E-state index in [-0.39, 0.29) is 17.2 Å². The Kier molecular flexibility index (Phi) is 5.46. The van der Waals surface area contributed by atoms with Gasteiger partial charge < -0.3 is 15.7 Å². The van der Waals surface area contributed by atoms with Crippen molar-refractivity contribution >= 4 is 23.2 Å². The molecule has 0 atom stereocenters. The zero-order chi connectivity index (χ0) is 15.1. The summed E-state index contributed by atoms with van der Waals surface area (Å²) in [6, 6.07) is 14.3. The molecule has 2 rings (SSSR count). The molecule has 0 saturated carbocycles. The lowest BCUT2D eigenvalue weighted by Gasteiger charge is -2.08. The fourth-order valence-electron chi connectivity index (χ4n) is 1.86. The van der Waals surface area contributed by atoms with Crippen LogP contribution in [0.15, 0.2) is 48.5 Å². The molecule has 0 aliphatic heterocycles. The van der Waals surface area contributed by atoms with Crippen LogP contribution in [-0.2, 0) is 0 Å². The molecule has 0 unspecified atom stereocenters. The molecule has 2 aromatic rings. The van der Waals surface area contributed by atoms with E-state index in [1.54, 1.807) is 0 Å². The number of aromatic hydroxyl groups is 1. The Bertz CT molecular complexity index is 602. The van der Waals surface area contributed by atoms with Crippen molar-refractivity contribution in [2.75, 3.05) is 18.4 Å². The summed E-state index contributed by atoms with van der Waals surface area (Å²) in [4.78, 5) is 11.9. The fraction of sp³-hybridized carbons (Fsp3) is 0.188. The summed E-state index contributed by atoms with van der Waals surface area (Å²) in [5.41, 5.74) is 1.25. The number of phenolic OH excluding ortho intramolecular Hbond substituents is 1. The fourth-order valence-corrected chi connectivity index (χ4v) is 2.04. The first-order valence-corrected chi connectivity index (χ1v) is 7.10. The number of benzene rings is 2. The highest BCUT2D eigenvalue weighted by atomic mass is 35.5. The van der Waals surface area contributed by atoms with E-state index in [2.05, 4.69) is 10.6 Å². The average Bonchev–Trinajstić information content (AvgIpc) is 2.50. The Hall–Kier alpha value is -2.20. The molecule has 0 saturated heterocycles. The summed E-state index contributed by atoms with van der Waals surface area (Å²) in [5.74, 6) is -0.394. The molecular formula is C16H17ClN2O2. The van der Waals surface area contributed by atoms with Crippen molar-refractivity contribution in [1.82, 2.24) is 5.32 Å². The molecule has 0 fully saturated rings. The number of para-hydroxylation sites is 1. The normalized spacial score (nSPS) is 10.1. The monoisotopic (exact) mass is 304 g/mol. The van der Waals surface area contributed by atoms with Gasteiger partial charge >= 0.3 is 0 Å². The Balaban J connectivity index is 1.73. The van der Waals surface area contributed by atoms with E-state index in [9.17, 15) is 9.90 Å². The standard InChI is InChI=1S/C16H17ClN2O2/c17-12-7-8-15(20)14(11-12)16(21)19-10-4-9-18-13-5-2-1-3-6-13/h1-3,5-8,11,18,20H,4,9-10H2,(H,19,21). The Labute approximate surface area is 128 Å². The van der Waals surface area contributed by atoms with Gasteiger partial charge in [-0.25, -0.2) is 0 Å². The third-order valence-electron chi connectivity index (χ3n) is 2.95. The molecule has 0 aromatic heterocycles. The van der Waals surface area contributed by atoms with Crippen LogP contribution in [0.25, 0.3) is 0 Å². The van der Waals surface area contributed by atoms with Crippen molar-refractivity contribution in [3.63, 3.8) is 0 Å². The maximum Gasteiger partial charge on any atom is 0.255 e. The van der Waals surface area contributed by atoms with Gasteiger partial charge in [-0.15, -0.1) is 0 Å². The van der Waals surface area contributed by atoms with Crippen LogP contribution in [0, 0.1) is 0 Å². The van der Waals surface area contributed by atoms with Gasteiger partial charge in [-0.3, -0.25) is 4.79 Å². The number of rotatable bonds is 6. The molecule has 110 valence electrons. The quantitative estimate of drug-likeness (QED) is 0.718. The van der Waals surface area contributed by atoms with Crippen molar-refractivity contribution < 1.29 is 9.90 Å². The van der Waals surface area contributed by atoms with E-state index in [1.165, 1.54) is 18.2 Å². The van der Waals surface area contributed by atoms with Crippen LogP contribution in [0.5, 0.6) is 5.75 Å². The van der Waals surface area contributed by atoms with Gasteiger partial charge in [0.2, 0.25) is 0 Å². The predicted molar refractivity (Wildman–Crippen MR) is 85.0 cm³/mol. The minimum Gasteiger partial charge on any atom is -0.507 e. The molecule has 0 heterocycles. The Morgan fingerprint density at radius 3 is 2.62 bits per heavy atom. The number of nitrogens with one attached hydrogen (secondary N) is 2. The highest BCUT2D eigenvalue weighted by Gasteiger charge is 2.10. The van der Waals surface area contributed by atoms with E-state index < -0.39 is 0 Å². The smallest absolute Gasteiger partial charge is 0.255 e. The molecule has 5 heteroatoms. The van der Waals surface area contributed by atoms with Gasteiger partial charge in [-0.2, -0.15) is 0 Å². The topological polar surface area (TPSA) is 61.4 Å². The van der Waals surface area contributed by atoms with Crippen LogP contribution in [0.3, 0.4) is 0 Å². The summed E-state index contributed by atoms with van der Waals surface area (Å²) >= 11 is 5.81. The predicted octanol–water partition coefficient (Wildman–Crippen LogP) is 3.28. The zero-order valence-electron chi connectivity index (χ0n) is 11.5.